The third kappa shape index (κ3) is 8.83. The largest absolute Gasteiger partial charge is 0.508 e. The van der Waals surface area contributed by atoms with E-state index in [-0.39, 0.29) is 18.6 Å². The number of aliphatic carboxylic acids is 1. The van der Waals surface area contributed by atoms with Crippen molar-refractivity contribution in [3.05, 3.63) is 29.8 Å². The molecule has 1 aromatic rings. The van der Waals surface area contributed by atoms with Crippen LogP contribution in [0.15, 0.2) is 24.3 Å². The van der Waals surface area contributed by atoms with Crippen molar-refractivity contribution >= 4 is 35.5 Å². The Hall–Kier alpha value is -2.79. The van der Waals surface area contributed by atoms with Gasteiger partial charge in [0.05, 0.1) is 12.5 Å². The van der Waals surface area contributed by atoms with Crippen molar-refractivity contribution in [2.75, 3.05) is 12.0 Å². The average Bonchev–Trinajstić information content (AvgIpc) is 2.65. The van der Waals surface area contributed by atoms with Crippen LogP contribution >= 0.6 is 11.8 Å². The van der Waals surface area contributed by atoms with Crippen molar-refractivity contribution < 1.29 is 29.4 Å². The molecule has 3 atom stereocenters. The first-order valence-electron chi connectivity index (χ1n) is 8.78. The molecule has 0 aromatic heterocycles. The Morgan fingerprint density at radius 3 is 2.17 bits per heavy atom. The predicted octanol–water partition coefficient (Wildman–Crippen LogP) is -1.06. The van der Waals surface area contributed by atoms with Crippen molar-refractivity contribution in [3.63, 3.8) is 0 Å². The number of thioether (sulfide) groups is 1. The normalized spacial score (nSPS) is 13.7. The highest BCUT2D eigenvalue weighted by Gasteiger charge is 2.28. The maximum absolute atomic E-state index is 12.5. The van der Waals surface area contributed by atoms with Crippen LogP contribution in [0.2, 0.25) is 0 Å². The molecule has 29 heavy (non-hydrogen) atoms. The van der Waals surface area contributed by atoms with Crippen molar-refractivity contribution in [1.82, 2.24) is 10.6 Å². The van der Waals surface area contributed by atoms with E-state index in [9.17, 15) is 24.3 Å². The summed E-state index contributed by atoms with van der Waals surface area (Å²) in [6, 6.07) is 2.74. The molecule has 0 bridgehead atoms. The number of carboxylic acids is 1. The first-order valence-corrected chi connectivity index (χ1v) is 10.2. The number of carbonyl (C=O) groups excluding carboxylic acids is 3. The molecular formula is C18H26N4O6S. The molecule has 1 rings (SSSR count). The molecule has 11 heteroatoms. The minimum atomic E-state index is -1.49. The first-order chi connectivity index (χ1) is 13.6. The maximum atomic E-state index is 12.5. The number of nitrogens with one attached hydrogen (secondary N) is 2. The number of hydrogen-bond acceptors (Lipinski definition) is 7. The molecule has 0 heterocycles. The second kappa shape index (κ2) is 11.9. The van der Waals surface area contributed by atoms with E-state index < -0.39 is 48.2 Å². The van der Waals surface area contributed by atoms with Crippen LogP contribution in [0.25, 0.3) is 0 Å². The quantitative estimate of drug-likeness (QED) is 0.244. The van der Waals surface area contributed by atoms with Gasteiger partial charge in [-0.25, -0.2) is 4.79 Å². The molecule has 0 saturated heterocycles. The molecule has 0 aliphatic carbocycles. The molecule has 0 fully saturated rings. The monoisotopic (exact) mass is 426 g/mol. The van der Waals surface area contributed by atoms with Gasteiger partial charge in [0.15, 0.2) is 0 Å². The fourth-order valence-electron chi connectivity index (χ4n) is 2.44. The van der Waals surface area contributed by atoms with Crippen LogP contribution in [-0.4, -0.2) is 64.0 Å². The van der Waals surface area contributed by atoms with Gasteiger partial charge in [-0.2, -0.15) is 11.8 Å². The lowest BCUT2D eigenvalue weighted by Crippen LogP contribution is -2.55. The number of amides is 3. The summed E-state index contributed by atoms with van der Waals surface area (Å²) in [6.45, 7) is 0. The summed E-state index contributed by atoms with van der Waals surface area (Å²) in [6.07, 6.45) is 1.68. The number of phenolic OH excluding ortho intramolecular Hbond substituents is 1. The van der Waals surface area contributed by atoms with E-state index in [1.807, 2.05) is 6.26 Å². The molecule has 0 aliphatic rings. The Morgan fingerprint density at radius 2 is 1.66 bits per heavy atom. The summed E-state index contributed by atoms with van der Waals surface area (Å²) in [5, 5.41) is 23.2. The minimum absolute atomic E-state index is 0.0875. The van der Waals surface area contributed by atoms with Crippen LogP contribution in [0, 0.1) is 0 Å². The highest BCUT2D eigenvalue weighted by molar-refractivity contribution is 7.98. The molecule has 0 radical (unpaired) electrons. The van der Waals surface area contributed by atoms with E-state index in [0.29, 0.717) is 5.75 Å². The minimum Gasteiger partial charge on any atom is -0.508 e. The van der Waals surface area contributed by atoms with Crippen LogP contribution in [0.3, 0.4) is 0 Å². The first kappa shape index (κ1) is 24.2. The number of carboxylic acid groups (broad SMARTS) is 1. The van der Waals surface area contributed by atoms with Crippen molar-refractivity contribution in [1.29, 1.82) is 0 Å². The molecular weight excluding hydrogens is 400 g/mol. The second-order valence-electron chi connectivity index (χ2n) is 6.39. The molecule has 8 N–H and O–H groups in total. The van der Waals surface area contributed by atoms with Crippen LogP contribution < -0.4 is 22.1 Å². The van der Waals surface area contributed by atoms with Crippen LogP contribution in [0.5, 0.6) is 5.75 Å². The Labute approximate surface area is 172 Å². The van der Waals surface area contributed by atoms with Crippen LogP contribution in [-0.2, 0) is 25.6 Å². The van der Waals surface area contributed by atoms with Gasteiger partial charge < -0.3 is 32.3 Å². The number of nitrogens with two attached hydrogens (primary N) is 2. The summed E-state index contributed by atoms with van der Waals surface area (Å²) >= 11 is 1.45. The van der Waals surface area contributed by atoms with Gasteiger partial charge in [-0.3, -0.25) is 14.4 Å². The highest BCUT2D eigenvalue weighted by Crippen LogP contribution is 2.11. The summed E-state index contributed by atoms with van der Waals surface area (Å²) in [7, 11) is 0. The molecule has 10 nitrogen and oxygen atoms in total. The van der Waals surface area contributed by atoms with Crippen molar-refractivity contribution in [3.8, 4) is 5.75 Å². The topological polar surface area (TPSA) is 185 Å². The van der Waals surface area contributed by atoms with Crippen molar-refractivity contribution in [2.45, 2.75) is 37.4 Å². The Kier molecular flexibility index (Phi) is 9.97. The van der Waals surface area contributed by atoms with Gasteiger partial charge in [0.2, 0.25) is 17.7 Å². The maximum Gasteiger partial charge on any atom is 0.326 e. The molecule has 0 aliphatic heterocycles. The SMILES string of the molecule is CSCC[C@H](NC(=O)[C@@H](N)Cc1ccc(O)cc1)C(=O)N[C@@H](CC(N)=O)C(=O)O. The van der Waals surface area contributed by atoms with E-state index >= 15 is 0 Å². The zero-order valence-electron chi connectivity index (χ0n) is 16.0. The van der Waals surface area contributed by atoms with E-state index in [1.165, 1.54) is 23.9 Å². The lowest BCUT2D eigenvalue weighted by Gasteiger charge is -2.22. The molecule has 160 valence electrons. The molecule has 1 aromatic carbocycles. The van der Waals surface area contributed by atoms with E-state index in [2.05, 4.69) is 10.6 Å². The zero-order chi connectivity index (χ0) is 22.0. The van der Waals surface area contributed by atoms with Gasteiger partial charge in [-0.05, 0) is 42.5 Å². The fourth-order valence-corrected chi connectivity index (χ4v) is 2.91. The predicted molar refractivity (Wildman–Crippen MR) is 108 cm³/mol. The van der Waals surface area contributed by atoms with Gasteiger partial charge in [-0.15, -0.1) is 0 Å². The van der Waals surface area contributed by atoms with E-state index in [0.717, 1.165) is 5.56 Å². The summed E-state index contributed by atoms with van der Waals surface area (Å²) in [4.78, 5) is 47.1. The van der Waals surface area contributed by atoms with E-state index in [4.69, 9.17) is 16.6 Å². The van der Waals surface area contributed by atoms with Gasteiger partial charge in [-0.1, -0.05) is 12.1 Å². The second-order valence-corrected chi connectivity index (χ2v) is 7.38. The fraction of sp³-hybridized carbons (Fsp3) is 0.444. The Morgan fingerprint density at radius 1 is 1.07 bits per heavy atom. The standard InChI is InChI=1S/C18H26N4O6S/c1-29-7-6-13(17(26)22-14(18(27)28)9-15(20)24)21-16(25)12(19)8-10-2-4-11(23)5-3-10/h2-5,12-14,23H,6-9,19H2,1H3,(H2,20,24)(H,21,25)(H,22,26)(H,27,28)/t12-,13-,14-/m0/s1. The van der Waals surface area contributed by atoms with Crippen LogP contribution in [0.4, 0.5) is 0 Å². The highest BCUT2D eigenvalue weighted by atomic mass is 32.2. The lowest BCUT2D eigenvalue weighted by atomic mass is 10.0. The summed E-state index contributed by atoms with van der Waals surface area (Å²) in [5.74, 6) is -2.99. The summed E-state index contributed by atoms with van der Waals surface area (Å²) in [5.41, 5.74) is 11.6. The lowest BCUT2D eigenvalue weighted by molar-refractivity contribution is -0.143. The van der Waals surface area contributed by atoms with Gasteiger partial charge in [0, 0.05) is 0 Å². The third-order valence-electron chi connectivity index (χ3n) is 3.99. The Bertz CT molecular complexity index is 728. The van der Waals surface area contributed by atoms with Crippen molar-refractivity contribution in [2.24, 2.45) is 11.5 Å². The number of carbonyl (C=O) groups is 4. The molecule has 0 saturated carbocycles. The van der Waals surface area contributed by atoms with Gasteiger partial charge in [0.1, 0.15) is 17.8 Å². The van der Waals surface area contributed by atoms with Gasteiger partial charge in [0.25, 0.3) is 0 Å². The number of aromatic hydroxyl groups is 1. The summed E-state index contributed by atoms with van der Waals surface area (Å²) < 4.78 is 0. The number of primary amides is 1. The third-order valence-corrected chi connectivity index (χ3v) is 4.64. The molecule has 0 spiro atoms. The number of benzene rings is 1. The Balaban J connectivity index is 2.78. The number of hydrogen-bond donors (Lipinski definition) is 6. The number of phenols is 1. The van der Waals surface area contributed by atoms with Gasteiger partial charge >= 0.3 is 5.97 Å². The van der Waals surface area contributed by atoms with Crippen LogP contribution in [0.1, 0.15) is 18.4 Å². The zero-order valence-corrected chi connectivity index (χ0v) is 16.8. The average molecular weight is 426 g/mol. The smallest absolute Gasteiger partial charge is 0.326 e. The molecule has 3 amide bonds. The molecule has 0 unspecified atom stereocenters. The number of rotatable bonds is 12. The van der Waals surface area contributed by atoms with E-state index in [1.54, 1.807) is 12.1 Å².